The fraction of sp³-hybridized carbons (Fsp3) is 0.538. The second-order valence-corrected chi connectivity index (χ2v) is 5.76. The molecule has 0 aliphatic heterocycles. The van der Waals surface area contributed by atoms with E-state index in [0.717, 1.165) is 23.0 Å². The smallest absolute Gasteiger partial charge is 0.270 e. The average Bonchev–Trinajstić information content (AvgIpc) is 2.34. The summed E-state index contributed by atoms with van der Waals surface area (Å²) in [4.78, 5) is 12.4. The Labute approximate surface area is 122 Å². The molecule has 0 spiro atoms. The summed E-state index contributed by atoms with van der Waals surface area (Å²) in [5.74, 6) is 0. The monoisotopic (exact) mass is 329 g/mol. The Hall–Kier alpha value is -0.980. The molecule has 0 aromatic heterocycles. The van der Waals surface area contributed by atoms with E-state index in [0.29, 0.717) is 12.6 Å². The van der Waals surface area contributed by atoms with Gasteiger partial charge in [-0.2, -0.15) is 0 Å². The maximum atomic E-state index is 10.6. The molecule has 1 aromatic rings. The summed E-state index contributed by atoms with van der Waals surface area (Å²) < 4.78 is 0.772. The van der Waals surface area contributed by atoms with Crippen LogP contribution >= 0.6 is 15.9 Å². The van der Waals surface area contributed by atoms with Crippen LogP contribution in [0.4, 0.5) is 5.69 Å². The van der Waals surface area contributed by atoms with Crippen LogP contribution < -0.4 is 5.32 Å². The molecule has 5 nitrogen and oxygen atoms in total. The maximum absolute atomic E-state index is 10.6. The van der Waals surface area contributed by atoms with Gasteiger partial charge >= 0.3 is 0 Å². The minimum atomic E-state index is -0.387. The van der Waals surface area contributed by atoms with Crippen molar-refractivity contribution in [1.82, 2.24) is 10.2 Å². The molecule has 1 unspecified atom stereocenters. The maximum Gasteiger partial charge on any atom is 0.270 e. The molecule has 0 aliphatic carbocycles. The van der Waals surface area contributed by atoms with E-state index in [2.05, 4.69) is 47.2 Å². The lowest BCUT2D eigenvalue weighted by Crippen LogP contribution is -2.29. The first-order valence-corrected chi connectivity index (χ1v) is 7.00. The van der Waals surface area contributed by atoms with Crippen molar-refractivity contribution in [2.75, 3.05) is 20.6 Å². The Balaban J connectivity index is 2.51. The number of benzene rings is 1. The largest absolute Gasteiger partial charge is 0.310 e. The summed E-state index contributed by atoms with van der Waals surface area (Å²) in [6.07, 6.45) is 1.07. The number of hydrogen-bond donors (Lipinski definition) is 1. The zero-order valence-corrected chi connectivity index (χ0v) is 13.1. The number of nitrogens with zero attached hydrogens (tertiary/aromatic N) is 2. The average molecular weight is 330 g/mol. The van der Waals surface area contributed by atoms with Crippen molar-refractivity contribution in [3.63, 3.8) is 0 Å². The van der Waals surface area contributed by atoms with Crippen molar-refractivity contribution in [2.45, 2.75) is 25.9 Å². The lowest BCUT2D eigenvalue weighted by atomic mass is 10.1. The topological polar surface area (TPSA) is 58.4 Å². The van der Waals surface area contributed by atoms with Gasteiger partial charge in [-0.25, -0.2) is 0 Å². The lowest BCUT2D eigenvalue weighted by molar-refractivity contribution is -0.384. The van der Waals surface area contributed by atoms with Gasteiger partial charge in [0, 0.05) is 29.2 Å². The van der Waals surface area contributed by atoms with E-state index in [1.54, 1.807) is 12.1 Å². The van der Waals surface area contributed by atoms with Gasteiger partial charge in [0.05, 0.1) is 4.92 Å². The summed E-state index contributed by atoms with van der Waals surface area (Å²) >= 11 is 3.38. The molecule has 106 valence electrons. The number of nitro benzene ring substituents is 1. The third-order valence-electron chi connectivity index (χ3n) is 2.90. The molecule has 6 heteroatoms. The third-order valence-corrected chi connectivity index (χ3v) is 3.64. The fourth-order valence-corrected chi connectivity index (χ4v) is 2.14. The van der Waals surface area contributed by atoms with Crippen LogP contribution in [0, 0.1) is 10.1 Å². The van der Waals surface area contributed by atoms with Gasteiger partial charge in [0.25, 0.3) is 5.69 Å². The van der Waals surface area contributed by atoms with Crippen molar-refractivity contribution < 1.29 is 4.92 Å². The summed E-state index contributed by atoms with van der Waals surface area (Å²) in [7, 11) is 4.11. The standard InChI is InChI=1S/C13H20BrN3O2/c1-10(6-7-16(2)3)15-9-11-4-5-12(17(18)19)8-13(11)14/h4-5,8,10,15H,6-7,9H2,1-3H3. The van der Waals surface area contributed by atoms with Crippen molar-refractivity contribution in [2.24, 2.45) is 0 Å². The molecule has 0 bridgehead atoms. The number of nitro groups is 1. The zero-order valence-electron chi connectivity index (χ0n) is 11.5. The van der Waals surface area contributed by atoms with Gasteiger partial charge in [-0.05, 0) is 45.6 Å². The molecule has 19 heavy (non-hydrogen) atoms. The Morgan fingerprint density at radius 2 is 2.16 bits per heavy atom. The first kappa shape index (κ1) is 16.1. The fourth-order valence-electron chi connectivity index (χ4n) is 1.63. The summed E-state index contributed by atoms with van der Waals surface area (Å²) in [6, 6.07) is 5.27. The van der Waals surface area contributed by atoms with Crippen molar-refractivity contribution in [1.29, 1.82) is 0 Å². The second kappa shape index (κ2) is 7.57. The van der Waals surface area contributed by atoms with E-state index in [1.807, 2.05) is 0 Å². The van der Waals surface area contributed by atoms with Crippen molar-refractivity contribution in [3.8, 4) is 0 Å². The predicted octanol–water partition coefficient (Wildman–Crippen LogP) is 2.79. The quantitative estimate of drug-likeness (QED) is 0.617. The van der Waals surface area contributed by atoms with E-state index in [9.17, 15) is 10.1 Å². The van der Waals surface area contributed by atoms with Gasteiger partial charge in [0.15, 0.2) is 0 Å². The Bertz CT molecular complexity index is 438. The first-order chi connectivity index (χ1) is 8.90. The van der Waals surface area contributed by atoms with E-state index in [4.69, 9.17) is 0 Å². The van der Waals surface area contributed by atoms with Crippen LogP contribution in [0.15, 0.2) is 22.7 Å². The van der Waals surface area contributed by atoms with E-state index in [-0.39, 0.29) is 10.6 Å². The van der Waals surface area contributed by atoms with Crippen LogP contribution in [-0.4, -0.2) is 36.5 Å². The number of rotatable bonds is 7. The first-order valence-electron chi connectivity index (χ1n) is 6.21. The van der Waals surface area contributed by atoms with Crippen LogP contribution in [0.2, 0.25) is 0 Å². The molecule has 1 rings (SSSR count). The Kier molecular flexibility index (Phi) is 6.41. The van der Waals surface area contributed by atoms with Gasteiger partial charge in [-0.15, -0.1) is 0 Å². The molecule has 0 saturated heterocycles. The van der Waals surface area contributed by atoms with Crippen LogP contribution in [0.25, 0.3) is 0 Å². The van der Waals surface area contributed by atoms with Crippen LogP contribution in [-0.2, 0) is 6.54 Å². The normalized spacial score (nSPS) is 12.7. The summed E-state index contributed by atoms with van der Waals surface area (Å²) in [5.41, 5.74) is 1.14. The minimum absolute atomic E-state index is 0.108. The molecule has 0 amide bonds. The van der Waals surface area contributed by atoms with Gasteiger partial charge < -0.3 is 10.2 Å². The highest BCUT2D eigenvalue weighted by Gasteiger charge is 2.10. The van der Waals surface area contributed by atoms with Gasteiger partial charge in [-0.3, -0.25) is 10.1 Å². The molecule has 1 N–H and O–H groups in total. The highest BCUT2D eigenvalue weighted by Crippen LogP contribution is 2.22. The van der Waals surface area contributed by atoms with Crippen LogP contribution in [0.1, 0.15) is 18.9 Å². The van der Waals surface area contributed by atoms with Crippen molar-refractivity contribution >= 4 is 21.6 Å². The van der Waals surface area contributed by atoms with E-state index < -0.39 is 0 Å². The van der Waals surface area contributed by atoms with Crippen LogP contribution in [0.3, 0.4) is 0 Å². The summed E-state index contributed by atoms with van der Waals surface area (Å²) in [5, 5.41) is 14.1. The van der Waals surface area contributed by atoms with Gasteiger partial charge in [-0.1, -0.05) is 15.9 Å². The molecule has 0 aliphatic rings. The number of hydrogen-bond acceptors (Lipinski definition) is 4. The zero-order chi connectivity index (χ0) is 14.4. The molecule has 1 aromatic carbocycles. The number of nitrogens with one attached hydrogen (secondary N) is 1. The lowest BCUT2D eigenvalue weighted by Gasteiger charge is -2.17. The predicted molar refractivity (Wildman–Crippen MR) is 80.3 cm³/mol. The molecular weight excluding hydrogens is 310 g/mol. The van der Waals surface area contributed by atoms with E-state index in [1.165, 1.54) is 6.07 Å². The minimum Gasteiger partial charge on any atom is -0.310 e. The SMILES string of the molecule is CC(CCN(C)C)NCc1ccc([N+](=O)[O-])cc1Br. The third kappa shape index (κ3) is 5.67. The van der Waals surface area contributed by atoms with Gasteiger partial charge in [0.1, 0.15) is 0 Å². The Morgan fingerprint density at radius 1 is 1.47 bits per heavy atom. The molecule has 0 heterocycles. The molecular formula is C13H20BrN3O2. The number of non-ortho nitro benzene ring substituents is 1. The highest BCUT2D eigenvalue weighted by atomic mass is 79.9. The Morgan fingerprint density at radius 3 is 2.68 bits per heavy atom. The van der Waals surface area contributed by atoms with E-state index >= 15 is 0 Å². The summed E-state index contributed by atoms with van der Waals surface area (Å²) in [6.45, 7) is 3.88. The van der Waals surface area contributed by atoms with Crippen molar-refractivity contribution in [3.05, 3.63) is 38.3 Å². The molecule has 0 fully saturated rings. The molecule has 0 saturated carbocycles. The van der Waals surface area contributed by atoms with Crippen LogP contribution in [0.5, 0.6) is 0 Å². The highest BCUT2D eigenvalue weighted by molar-refractivity contribution is 9.10. The molecule has 1 atom stereocenters. The van der Waals surface area contributed by atoms with Gasteiger partial charge in [0.2, 0.25) is 0 Å². The second-order valence-electron chi connectivity index (χ2n) is 4.91. The molecule has 0 radical (unpaired) electrons. The number of halogens is 1.